The zero-order valence-corrected chi connectivity index (χ0v) is 13.2. The number of rotatable bonds is 3. The van der Waals surface area contributed by atoms with Gasteiger partial charge in [0.25, 0.3) is 30.4 Å². The zero-order chi connectivity index (χ0) is 17.8. The summed E-state index contributed by atoms with van der Waals surface area (Å²) in [7, 11) is -14.9. The topological polar surface area (TPSA) is 183 Å². The van der Waals surface area contributed by atoms with Gasteiger partial charge in [-0.2, -0.15) is 25.3 Å². The van der Waals surface area contributed by atoms with Crippen LogP contribution in [-0.2, 0) is 35.5 Å². The molecular weight excluding hydrogens is 376 g/mol. The van der Waals surface area contributed by atoms with Crippen molar-refractivity contribution in [2.45, 2.75) is 14.7 Å². The lowest BCUT2D eigenvalue weighted by molar-refractivity contribution is 0.341. The smallest absolute Gasteiger partial charge is 0.288 e. The molecular formula is C10H7O10S3. The maximum Gasteiger partial charge on any atom is 0.298 e. The molecule has 0 aromatic heterocycles. The van der Waals surface area contributed by atoms with Gasteiger partial charge in [0.2, 0.25) is 0 Å². The molecule has 3 N–H and O–H groups in total. The summed E-state index contributed by atoms with van der Waals surface area (Å²) in [5.41, 5.74) is 0. The summed E-state index contributed by atoms with van der Waals surface area (Å²) >= 11 is 0. The summed E-state index contributed by atoms with van der Waals surface area (Å²) in [5.74, 6) is -1.27. The fraction of sp³-hybridized carbons (Fsp3) is 0. The molecule has 13 heteroatoms. The molecule has 2 aromatic rings. The lowest BCUT2D eigenvalue weighted by Crippen LogP contribution is -2.05. The molecule has 0 bridgehead atoms. The normalized spacial score (nSPS) is 13.3. The fourth-order valence-electron chi connectivity index (χ4n) is 1.87. The van der Waals surface area contributed by atoms with Crippen LogP contribution in [0.3, 0.4) is 0 Å². The van der Waals surface area contributed by atoms with Crippen LogP contribution in [0, 0.1) is 0 Å². The van der Waals surface area contributed by atoms with E-state index in [2.05, 4.69) is 0 Å². The van der Waals surface area contributed by atoms with E-state index in [0.29, 0.717) is 24.3 Å². The lowest BCUT2D eigenvalue weighted by Gasteiger charge is -2.08. The van der Waals surface area contributed by atoms with Gasteiger partial charge in [-0.3, -0.25) is 18.8 Å². The molecule has 0 spiro atoms. The van der Waals surface area contributed by atoms with Gasteiger partial charge in [0.15, 0.2) is 5.75 Å². The maximum absolute atomic E-state index is 11.7. The minimum Gasteiger partial charge on any atom is -0.288 e. The van der Waals surface area contributed by atoms with Crippen LogP contribution in [0.1, 0.15) is 0 Å². The third-order valence-corrected chi connectivity index (χ3v) is 5.41. The van der Waals surface area contributed by atoms with Crippen molar-refractivity contribution in [1.29, 1.82) is 0 Å². The van der Waals surface area contributed by atoms with Crippen LogP contribution in [0.4, 0.5) is 0 Å². The van der Waals surface area contributed by atoms with Gasteiger partial charge in [-0.05, 0) is 29.7 Å². The Kier molecular flexibility index (Phi) is 3.91. The highest BCUT2D eigenvalue weighted by atomic mass is 32.2. The van der Waals surface area contributed by atoms with Crippen molar-refractivity contribution >= 4 is 41.1 Å². The molecule has 0 heterocycles. The summed E-state index contributed by atoms with van der Waals surface area (Å²) in [4.78, 5) is -3.11. The molecule has 0 aliphatic carbocycles. The van der Waals surface area contributed by atoms with E-state index in [-0.39, 0.29) is 0 Å². The van der Waals surface area contributed by atoms with Gasteiger partial charge in [-0.1, -0.05) is 0 Å². The van der Waals surface area contributed by atoms with E-state index in [0.717, 1.165) is 0 Å². The monoisotopic (exact) mass is 383 g/mol. The first-order valence-corrected chi connectivity index (χ1v) is 9.74. The third kappa shape index (κ3) is 3.44. The Morgan fingerprint density at radius 1 is 0.652 bits per heavy atom. The number of fused-ring (bicyclic) bond motifs is 1. The first kappa shape index (κ1) is 17.6. The van der Waals surface area contributed by atoms with Crippen LogP contribution in [0.15, 0.2) is 39.0 Å². The van der Waals surface area contributed by atoms with Gasteiger partial charge in [-0.15, -0.1) is 0 Å². The predicted octanol–water partition coefficient (Wildman–Crippen LogP) is 0.724. The Morgan fingerprint density at radius 2 is 1.17 bits per heavy atom. The van der Waals surface area contributed by atoms with Crippen molar-refractivity contribution < 1.29 is 44.0 Å². The van der Waals surface area contributed by atoms with Gasteiger partial charge in [0.05, 0.1) is 4.90 Å². The largest absolute Gasteiger partial charge is 0.298 e. The van der Waals surface area contributed by atoms with Crippen molar-refractivity contribution in [3.05, 3.63) is 24.3 Å². The molecule has 0 aliphatic heterocycles. The average Bonchev–Trinajstić information content (AvgIpc) is 2.32. The minimum absolute atomic E-state index is 0.402. The quantitative estimate of drug-likeness (QED) is 0.643. The summed E-state index contributed by atoms with van der Waals surface area (Å²) < 4.78 is 94.2. The Morgan fingerprint density at radius 3 is 1.61 bits per heavy atom. The highest BCUT2D eigenvalue weighted by molar-refractivity contribution is 7.87. The van der Waals surface area contributed by atoms with Crippen molar-refractivity contribution in [1.82, 2.24) is 0 Å². The fourth-order valence-corrected chi connectivity index (χ4v) is 3.81. The van der Waals surface area contributed by atoms with E-state index < -0.39 is 61.6 Å². The van der Waals surface area contributed by atoms with Crippen LogP contribution in [0.25, 0.3) is 10.8 Å². The average molecular weight is 383 g/mol. The molecule has 23 heavy (non-hydrogen) atoms. The van der Waals surface area contributed by atoms with Crippen LogP contribution < -0.4 is 0 Å². The molecule has 10 nitrogen and oxygen atoms in total. The van der Waals surface area contributed by atoms with Crippen molar-refractivity contribution in [2.24, 2.45) is 0 Å². The molecule has 2 aromatic carbocycles. The minimum atomic E-state index is -5.00. The van der Waals surface area contributed by atoms with Crippen molar-refractivity contribution in [2.75, 3.05) is 0 Å². The molecule has 0 saturated heterocycles. The van der Waals surface area contributed by atoms with Crippen LogP contribution in [0.5, 0.6) is 5.75 Å². The zero-order valence-electron chi connectivity index (χ0n) is 10.7. The van der Waals surface area contributed by atoms with Gasteiger partial charge in [-0.25, -0.2) is 0 Å². The SMILES string of the molecule is [O]c1cc2c(S(=O)(=O)O)cc(S(=O)(=O)O)cc2cc1S(=O)(=O)O. The second-order valence-corrected chi connectivity index (χ2v) is 8.57. The standard InChI is InChI=1S/C10H7O10S3/c11-8-4-7-5(2-10(8)23(18,19)20)1-6(21(12,13)14)3-9(7)22(15,16)17/h1-4H,(H,12,13,14)(H,15,16,17)(H,18,19,20). The second-order valence-electron chi connectivity index (χ2n) is 4.37. The summed E-state index contributed by atoms with van der Waals surface area (Å²) in [6, 6.07) is 2.10. The lowest BCUT2D eigenvalue weighted by atomic mass is 10.1. The molecule has 1 radical (unpaired) electrons. The molecule has 0 aliphatic rings. The maximum atomic E-state index is 11.7. The van der Waals surface area contributed by atoms with E-state index in [4.69, 9.17) is 13.7 Å². The van der Waals surface area contributed by atoms with E-state index in [1.54, 1.807) is 0 Å². The molecule has 0 atom stereocenters. The Labute approximate surface area is 130 Å². The number of benzene rings is 2. The van der Waals surface area contributed by atoms with E-state index in [1.165, 1.54) is 0 Å². The van der Waals surface area contributed by atoms with Crippen molar-refractivity contribution in [3.8, 4) is 5.75 Å². The molecule has 0 fully saturated rings. The summed E-state index contributed by atoms with van der Waals surface area (Å²) in [6.07, 6.45) is 0. The first-order chi connectivity index (χ1) is 10.2. The number of hydrogen-bond donors (Lipinski definition) is 3. The summed E-state index contributed by atoms with van der Waals surface area (Å²) in [5, 5.41) is 10.7. The molecule has 0 unspecified atom stereocenters. The van der Waals surface area contributed by atoms with Crippen molar-refractivity contribution in [3.63, 3.8) is 0 Å². The van der Waals surface area contributed by atoms with Gasteiger partial charge in [0, 0.05) is 5.39 Å². The van der Waals surface area contributed by atoms with Gasteiger partial charge in [0.1, 0.15) is 9.79 Å². The third-order valence-electron chi connectivity index (χ3n) is 2.81. The predicted molar refractivity (Wildman–Crippen MR) is 73.5 cm³/mol. The van der Waals surface area contributed by atoms with E-state index >= 15 is 0 Å². The van der Waals surface area contributed by atoms with E-state index in [1.807, 2.05) is 0 Å². The first-order valence-electron chi connectivity index (χ1n) is 5.42. The Balaban J connectivity index is 3.10. The van der Waals surface area contributed by atoms with Gasteiger partial charge >= 0.3 is 0 Å². The highest BCUT2D eigenvalue weighted by Crippen LogP contribution is 2.34. The van der Waals surface area contributed by atoms with Crippen LogP contribution >= 0.6 is 0 Å². The van der Waals surface area contributed by atoms with Gasteiger partial charge < -0.3 is 0 Å². The Bertz CT molecular complexity index is 1130. The molecule has 0 saturated carbocycles. The molecule has 125 valence electrons. The highest BCUT2D eigenvalue weighted by Gasteiger charge is 2.24. The van der Waals surface area contributed by atoms with Crippen LogP contribution in [0.2, 0.25) is 0 Å². The second kappa shape index (κ2) is 5.12. The molecule has 0 amide bonds. The van der Waals surface area contributed by atoms with E-state index in [9.17, 15) is 30.4 Å². The van der Waals surface area contributed by atoms with Crippen LogP contribution in [-0.4, -0.2) is 38.9 Å². The molecule has 2 rings (SSSR count). The Hall–Kier alpha value is -1.77. The number of hydrogen-bond acceptors (Lipinski definition) is 6. The summed E-state index contributed by atoms with van der Waals surface area (Å²) in [6.45, 7) is 0.